The number of carboxylic acid groups (broad SMARTS) is 2. The second kappa shape index (κ2) is 8.13. The highest BCUT2D eigenvalue weighted by molar-refractivity contribution is 8.04. The number of nitrogens with zero attached hydrogens (tertiary/aromatic N) is 2. The number of rotatable bonds is 7. The molecule has 0 aliphatic rings. The first-order valence-electron chi connectivity index (χ1n) is 8.31. The maximum absolute atomic E-state index is 11.5. The highest BCUT2D eigenvalue weighted by atomic mass is 32.2. The first kappa shape index (κ1) is 19.4. The maximum Gasteiger partial charge on any atom is 0.213 e. The molecule has 1 aromatic carbocycles. The molecule has 0 spiro atoms. The van der Waals surface area contributed by atoms with Gasteiger partial charge in [-0.1, -0.05) is 19.1 Å². The van der Waals surface area contributed by atoms with Crippen molar-refractivity contribution in [2.45, 2.75) is 25.4 Å². The van der Waals surface area contributed by atoms with Gasteiger partial charge in [0.1, 0.15) is 17.3 Å². The number of aliphatic carboxylic acids is 1. The minimum absolute atomic E-state index is 0.0245. The molecule has 0 radical (unpaired) electrons. The first-order valence-corrected chi connectivity index (χ1v) is 9.13. The van der Waals surface area contributed by atoms with Crippen LogP contribution in [0.25, 0.3) is 17.4 Å². The largest absolute Gasteiger partial charge is 0.545 e. The summed E-state index contributed by atoms with van der Waals surface area (Å²) in [5.74, 6) is -1.36. The van der Waals surface area contributed by atoms with Gasteiger partial charge < -0.3 is 24.2 Å². The van der Waals surface area contributed by atoms with Gasteiger partial charge in [-0.25, -0.2) is 4.98 Å². The van der Waals surface area contributed by atoms with Gasteiger partial charge in [-0.3, -0.25) is 5.10 Å². The van der Waals surface area contributed by atoms with Gasteiger partial charge in [0.05, 0.1) is 11.9 Å². The molecule has 0 atom stereocenters. The summed E-state index contributed by atoms with van der Waals surface area (Å²) in [5.41, 5.74) is 1.40. The SMILES string of the molecule is CCc1nc(S/C(=C/c2ccc(-c3cc(C(=O)[O-])ccc3C)o2)C(=O)[O-])n[nH]1. The zero-order valence-corrected chi connectivity index (χ0v) is 15.8. The van der Waals surface area contributed by atoms with Crippen LogP contribution in [0.4, 0.5) is 0 Å². The quantitative estimate of drug-likeness (QED) is 0.464. The number of carbonyl (C=O) groups is 2. The van der Waals surface area contributed by atoms with Crippen molar-refractivity contribution in [1.82, 2.24) is 15.2 Å². The molecule has 0 aliphatic heterocycles. The Kier molecular flexibility index (Phi) is 5.65. The van der Waals surface area contributed by atoms with Crippen molar-refractivity contribution < 1.29 is 24.2 Å². The van der Waals surface area contributed by atoms with E-state index in [4.69, 9.17) is 4.42 Å². The fourth-order valence-corrected chi connectivity index (χ4v) is 3.13. The molecule has 144 valence electrons. The van der Waals surface area contributed by atoms with E-state index in [1.54, 1.807) is 18.2 Å². The zero-order chi connectivity index (χ0) is 20.3. The van der Waals surface area contributed by atoms with E-state index in [1.807, 2.05) is 13.8 Å². The summed E-state index contributed by atoms with van der Waals surface area (Å²) >= 11 is 0.842. The van der Waals surface area contributed by atoms with Crippen LogP contribution in [0.1, 0.15) is 34.4 Å². The molecule has 0 fully saturated rings. The van der Waals surface area contributed by atoms with Gasteiger partial charge in [-0.2, -0.15) is 0 Å². The van der Waals surface area contributed by atoms with Crippen LogP contribution in [0.2, 0.25) is 0 Å². The zero-order valence-electron chi connectivity index (χ0n) is 15.0. The van der Waals surface area contributed by atoms with E-state index in [-0.39, 0.29) is 21.4 Å². The number of furan rings is 1. The van der Waals surface area contributed by atoms with Crippen molar-refractivity contribution >= 4 is 29.8 Å². The predicted molar refractivity (Wildman–Crippen MR) is 97.8 cm³/mol. The molecule has 0 aliphatic carbocycles. The van der Waals surface area contributed by atoms with Crippen molar-refractivity contribution in [2.75, 3.05) is 0 Å². The second-order valence-corrected chi connectivity index (χ2v) is 6.84. The number of nitrogens with one attached hydrogen (secondary N) is 1. The summed E-state index contributed by atoms with van der Waals surface area (Å²) in [7, 11) is 0. The maximum atomic E-state index is 11.5. The number of benzene rings is 1. The minimum atomic E-state index is -1.39. The Labute approximate surface area is 164 Å². The summed E-state index contributed by atoms with van der Waals surface area (Å²) in [6.07, 6.45) is 1.95. The third kappa shape index (κ3) is 4.32. The number of hydrogen-bond acceptors (Lipinski definition) is 8. The number of aromatic amines is 1. The molecule has 0 saturated carbocycles. The van der Waals surface area contributed by atoms with Gasteiger partial charge in [-0.05, 0) is 54.1 Å². The molecule has 1 N–H and O–H groups in total. The summed E-state index contributed by atoms with van der Waals surface area (Å²) < 4.78 is 5.69. The van der Waals surface area contributed by atoms with Crippen LogP contribution >= 0.6 is 11.8 Å². The molecule has 2 heterocycles. The Hall–Kier alpha value is -3.33. The molecule has 3 rings (SSSR count). The van der Waals surface area contributed by atoms with Crippen LogP contribution in [-0.4, -0.2) is 27.1 Å². The fourth-order valence-electron chi connectivity index (χ4n) is 2.43. The van der Waals surface area contributed by atoms with E-state index >= 15 is 0 Å². The van der Waals surface area contributed by atoms with Gasteiger partial charge in [-0.15, -0.1) is 5.10 Å². The van der Waals surface area contributed by atoms with Crippen molar-refractivity contribution in [1.29, 1.82) is 0 Å². The summed E-state index contributed by atoms with van der Waals surface area (Å²) in [6, 6.07) is 7.76. The van der Waals surface area contributed by atoms with Gasteiger partial charge in [0.25, 0.3) is 0 Å². The predicted octanol–water partition coefficient (Wildman–Crippen LogP) is 1.18. The van der Waals surface area contributed by atoms with Crippen molar-refractivity contribution in [3.8, 4) is 11.3 Å². The molecule has 0 saturated heterocycles. The molecule has 0 unspecified atom stereocenters. The van der Waals surface area contributed by atoms with Gasteiger partial charge >= 0.3 is 0 Å². The summed E-state index contributed by atoms with van der Waals surface area (Å²) in [5, 5.41) is 29.4. The Morgan fingerprint density at radius 2 is 2.04 bits per heavy atom. The minimum Gasteiger partial charge on any atom is -0.545 e. The lowest BCUT2D eigenvalue weighted by molar-refractivity contribution is -0.298. The second-order valence-electron chi connectivity index (χ2n) is 5.84. The average molecular weight is 397 g/mol. The van der Waals surface area contributed by atoms with Crippen molar-refractivity contribution in [3.63, 3.8) is 0 Å². The number of hydrogen-bond donors (Lipinski definition) is 1. The Balaban J connectivity index is 1.90. The van der Waals surface area contributed by atoms with Crippen molar-refractivity contribution in [2.24, 2.45) is 0 Å². The Morgan fingerprint density at radius 3 is 2.68 bits per heavy atom. The Morgan fingerprint density at radius 1 is 1.25 bits per heavy atom. The number of aryl methyl sites for hydroxylation is 2. The van der Waals surface area contributed by atoms with Gasteiger partial charge in [0, 0.05) is 16.9 Å². The smallest absolute Gasteiger partial charge is 0.213 e. The summed E-state index contributed by atoms with van der Waals surface area (Å²) in [6.45, 7) is 3.70. The molecule has 0 amide bonds. The number of aromatic nitrogens is 3. The molecule has 9 heteroatoms. The molecule has 28 heavy (non-hydrogen) atoms. The van der Waals surface area contributed by atoms with Crippen molar-refractivity contribution in [3.05, 3.63) is 57.9 Å². The van der Waals surface area contributed by atoms with E-state index in [9.17, 15) is 19.8 Å². The standard InChI is InChI=1S/C19H17N3O5S/c1-3-16-20-19(22-21-16)28-15(18(25)26)9-12-6-7-14(27-12)13-8-11(17(23)24)5-4-10(13)2/h4-9H,3H2,1-2H3,(H,23,24)(H,25,26)(H,20,21,22)/p-2/b15-9+. The van der Waals surface area contributed by atoms with E-state index < -0.39 is 11.9 Å². The highest BCUT2D eigenvalue weighted by Crippen LogP contribution is 2.30. The number of H-pyrrole nitrogens is 1. The lowest BCUT2D eigenvalue weighted by atomic mass is 10.0. The molecule has 8 nitrogen and oxygen atoms in total. The normalized spacial score (nSPS) is 11.6. The number of thioether (sulfide) groups is 1. The average Bonchev–Trinajstić information content (AvgIpc) is 3.30. The third-order valence-corrected chi connectivity index (χ3v) is 4.76. The topological polar surface area (TPSA) is 135 Å². The molecule has 3 aromatic rings. The van der Waals surface area contributed by atoms with E-state index in [2.05, 4.69) is 15.2 Å². The number of carboxylic acids is 2. The lowest BCUT2D eigenvalue weighted by Crippen LogP contribution is -2.23. The lowest BCUT2D eigenvalue weighted by Gasteiger charge is -2.07. The highest BCUT2D eigenvalue weighted by Gasteiger charge is 2.12. The first-order chi connectivity index (χ1) is 13.4. The van der Waals surface area contributed by atoms with E-state index in [0.717, 1.165) is 17.3 Å². The van der Waals surface area contributed by atoms with Crippen LogP contribution in [0.15, 0.2) is 44.8 Å². The van der Waals surface area contributed by atoms with Crippen LogP contribution in [0, 0.1) is 6.92 Å². The summed E-state index contributed by atoms with van der Waals surface area (Å²) in [4.78, 5) is 26.6. The van der Waals surface area contributed by atoms with Gasteiger partial charge in [0.2, 0.25) is 5.16 Å². The number of carbonyl (C=O) groups excluding carboxylic acids is 2. The number of aromatic carboxylic acids is 1. The third-order valence-electron chi connectivity index (χ3n) is 3.89. The monoisotopic (exact) mass is 397 g/mol. The molecular weight excluding hydrogens is 382 g/mol. The van der Waals surface area contributed by atoms with Crippen LogP contribution in [-0.2, 0) is 11.2 Å². The van der Waals surface area contributed by atoms with E-state index in [1.165, 1.54) is 18.2 Å². The molecule has 0 bridgehead atoms. The molecule has 2 aromatic heterocycles. The molecular formula is C19H15N3O5S-2. The van der Waals surface area contributed by atoms with Gasteiger partial charge in [0.15, 0.2) is 0 Å². The Bertz CT molecular complexity index is 1070. The van der Waals surface area contributed by atoms with Crippen LogP contribution in [0.5, 0.6) is 0 Å². The van der Waals surface area contributed by atoms with Crippen LogP contribution < -0.4 is 10.2 Å². The van der Waals surface area contributed by atoms with E-state index in [0.29, 0.717) is 23.6 Å². The van der Waals surface area contributed by atoms with Crippen LogP contribution in [0.3, 0.4) is 0 Å². The fraction of sp³-hybridized carbons (Fsp3) is 0.158.